The number of imide groups is 1. The van der Waals surface area contributed by atoms with Crippen LogP contribution >= 0.6 is 23.2 Å². The van der Waals surface area contributed by atoms with Crippen molar-refractivity contribution in [3.05, 3.63) is 28.2 Å². The molecule has 1 aromatic rings. The third kappa shape index (κ3) is 4.56. The van der Waals surface area contributed by atoms with E-state index < -0.39 is 10.0 Å². The number of halogens is 2. The lowest BCUT2D eigenvalue weighted by atomic mass is 10.1. The Morgan fingerprint density at radius 1 is 0.963 bits per heavy atom. The molecule has 7 nitrogen and oxygen atoms in total. The summed E-state index contributed by atoms with van der Waals surface area (Å²) in [5.41, 5.74) is 0.783. The number of benzene rings is 1. The Labute approximate surface area is 168 Å². The Bertz CT molecular complexity index is 823. The average Bonchev–Trinajstić information content (AvgIpc) is 2.64. The van der Waals surface area contributed by atoms with Gasteiger partial charge in [0.25, 0.3) is 0 Å². The molecule has 0 spiro atoms. The van der Waals surface area contributed by atoms with Gasteiger partial charge in [-0.3, -0.25) is 14.5 Å². The molecule has 10 heteroatoms. The van der Waals surface area contributed by atoms with E-state index in [9.17, 15) is 18.0 Å². The Balaban J connectivity index is 1.59. The highest BCUT2D eigenvalue weighted by atomic mass is 35.5. The molecule has 0 saturated carbocycles. The van der Waals surface area contributed by atoms with E-state index in [-0.39, 0.29) is 24.1 Å². The van der Waals surface area contributed by atoms with Gasteiger partial charge in [0, 0.05) is 45.6 Å². The molecule has 0 unspecified atom stereocenters. The van der Waals surface area contributed by atoms with Gasteiger partial charge in [-0.15, -0.1) is 0 Å². The Morgan fingerprint density at radius 2 is 1.59 bits per heavy atom. The first-order valence-electron chi connectivity index (χ1n) is 8.79. The van der Waals surface area contributed by atoms with Crippen molar-refractivity contribution in [3.8, 4) is 0 Å². The molecule has 2 aliphatic rings. The quantitative estimate of drug-likeness (QED) is 0.663. The van der Waals surface area contributed by atoms with Gasteiger partial charge < -0.3 is 4.90 Å². The van der Waals surface area contributed by atoms with Crippen LogP contribution in [0.3, 0.4) is 0 Å². The highest BCUT2D eigenvalue weighted by Crippen LogP contribution is 2.33. The van der Waals surface area contributed by atoms with Gasteiger partial charge in [0.1, 0.15) is 0 Å². The van der Waals surface area contributed by atoms with Gasteiger partial charge in [-0.05, 0) is 18.6 Å². The lowest BCUT2D eigenvalue weighted by Crippen LogP contribution is -2.51. The molecule has 148 valence electrons. The summed E-state index contributed by atoms with van der Waals surface area (Å²) in [6.07, 6.45) is 1.13. The van der Waals surface area contributed by atoms with E-state index in [1.165, 1.54) is 4.31 Å². The van der Waals surface area contributed by atoms with E-state index in [1.54, 1.807) is 12.1 Å². The van der Waals surface area contributed by atoms with E-state index in [0.29, 0.717) is 55.5 Å². The number of carbonyl (C=O) groups excluding carboxylic acids is 2. The topological polar surface area (TPSA) is 78.0 Å². The number of piperidine rings is 1. The van der Waals surface area contributed by atoms with Crippen molar-refractivity contribution in [1.82, 2.24) is 9.21 Å². The number of carbonyl (C=O) groups is 2. The largest absolute Gasteiger partial charge is 0.368 e. The molecule has 0 radical (unpaired) electrons. The minimum Gasteiger partial charge on any atom is -0.368 e. The van der Waals surface area contributed by atoms with Gasteiger partial charge in [-0.1, -0.05) is 29.3 Å². The number of nitrogens with zero attached hydrogens (tertiary/aromatic N) is 3. The first-order valence-corrected chi connectivity index (χ1v) is 11.2. The van der Waals surface area contributed by atoms with Gasteiger partial charge in [-0.25, -0.2) is 8.42 Å². The second-order valence-corrected chi connectivity index (χ2v) is 9.44. The van der Waals surface area contributed by atoms with Crippen molar-refractivity contribution in [2.45, 2.75) is 19.3 Å². The van der Waals surface area contributed by atoms with Crippen LogP contribution in [-0.4, -0.2) is 67.9 Å². The third-order valence-electron chi connectivity index (χ3n) is 4.86. The maximum Gasteiger partial charge on any atom is 0.229 e. The van der Waals surface area contributed by atoms with Gasteiger partial charge in [0.05, 0.1) is 21.5 Å². The molecule has 2 heterocycles. The molecule has 2 amide bonds. The fourth-order valence-electron chi connectivity index (χ4n) is 3.33. The summed E-state index contributed by atoms with van der Waals surface area (Å²) in [6.45, 7) is 1.52. The monoisotopic (exact) mass is 433 g/mol. The summed E-state index contributed by atoms with van der Waals surface area (Å²) in [6, 6.07) is 5.36. The number of rotatable bonds is 5. The number of sulfonamides is 1. The molecule has 2 aliphatic heterocycles. The average molecular weight is 434 g/mol. The number of amides is 2. The van der Waals surface area contributed by atoms with Crippen molar-refractivity contribution in [1.29, 1.82) is 0 Å². The molecule has 0 aromatic heterocycles. The molecule has 27 heavy (non-hydrogen) atoms. The Morgan fingerprint density at radius 3 is 2.22 bits per heavy atom. The Hall–Kier alpha value is -1.35. The summed E-state index contributed by atoms with van der Waals surface area (Å²) in [5.74, 6) is -0.827. The van der Waals surface area contributed by atoms with Crippen molar-refractivity contribution >= 4 is 50.7 Å². The second kappa shape index (κ2) is 8.34. The number of likely N-dealkylation sites (tertiary alicyclic amines) is 1. The second-order valence-electron chi connectivity index (χ2n) is 6.57. The van der Waals surface area contributed by atoms with Crippen LogP contribution in [0, 0.1) is 0 Å². The molecule has 0 bridgehead atoms. The first-order chi connectivity index (χ1) is 12.8. The van der Waals surface area contributed by atoms with Crippen LogP contribution < -0.4 is 4.90 Å². The van der Waals surface area contributed by atoms with Crippen LogP contribution in [0.4, 0.5) is 5.69 Å². The number of anilines is 1. The Kier molecular flexibility index (Phi) is 6.30. The van der Waals surface area contributed by atoms with Gasteiger partial charge in [-0.2, -0.15) is 4.31 Å². The van der Waals surface area contributed by atoms with Crippen molar-refractivity contribution in [3.63, 3.8) is 0 Å². The molecule has 2 fully saturated rings. The number of hydrogen-bond donors (Lipinski definition) is 0. The first kappa shape index (κ1) is 20.4. The van der Waals surface area contributed by atoms with E-state index in [4.69, 9.17) is 23.2 Å². The minimum atomic E-state index is -3.55. The predicted molar refractivity (Wildman–Crippen MR) is 105 cm³/mol. The summed E-state index contributed by atoms with van der Waals surface area (Å²) in [4.78, 5) is 26.7. The molecular weight excluding hydrogens is 413 g/mol. The zero-order valence-electron chi connectivity index (χ0n) is 14.7. The van der Waals surface area contributed by atoms with Crippen molar-refractivity contribution in [2.75, 3.05) is 43.4 Å². The van der Waals surface area contributed by atoms with Crippen LogP contribution in [0.1, 0.15) is 19.3 Å². The molecule has 3 rings (SSSR count). The lowest BCUT2D eigenvalue weighted by molar-refractivity contribution is -0.147. The fourth-order valence-corrected chi connectivity index (χ4v) is 5.14. The number of hydrogen-bond acceptors (Lipinski definition) is 5. The number of piperazine rings is 1. The lowest BCUT2D eigenvalue weighted by Gasteiger charge is -2.36. The zero-order chi connectivity index (χ0) is 19.6. The molecule has 0 atom stereocenters. The van der Waals surface area contributed by atoms with Crippen LogP contribution in [0.15, 0.2) is 18.2 Å². The zero-order valence-corrected chi connectivity index (χ0v) is 17.1. The maximum atomic E-state index is 12.6. The van der Waals surface area contributed by atoms with Crippen LogP contribution in [0.2, 0.25) is 10.0 Å². The normalized spacial score (nSPS) is 19.6. The van der Waals surface area contributed by atoms with Crippen molar-refractivity contribution in [2.24, 2.45) is 0 Å². The van der Waals surface area contributed by atoms with Gasteiger partial charge in [0.2, 0.25) is 21.8 Å². The van der Waals surface area contributed by atoms with E-state index >= 15 is 0 Å². The predicted octanol–water partition coefficient (Wildman–Crippen LogP) is 1.98. The van der Waals surface area contributed by atoms with E-state index in [0.717, 1.165) is 10.6 Å². The summed E-state index contributed by atoms with van der Waals surface area (Å²) < 4.78 is 26.6. The molecule has 0 N–H and O–H groups in total. The minimum absolute atomic E-state index is 0.0830. The van der Waals surface area contributed by atoms with Crippen LogP contribution in [0.25, 0.3) is 0 Å². The SMILES string of the molecule is O=C1CCCC(=O)N1CCS(=O)(=O)N1CCN(c2cccc(Cl)c2Cl)CC1. The summed E-state index contributed by atoms with van der Waals surface area (Å²) >= 11 is 12.3. The van der Waals surface area contributed by atoms with Crippen molar-refractivity contribution < 1.29 is 18.0 Å². The van der Waals surface area contributed by atoms with Gasteiger partial charge in [0.15, 0.2) is 0 Å². The summed E-state index contributed by atoms with van der Waals surface area (Å²) in [7, 11) is -3.55. The van der Waals surface area contributed by atoms with Crippen LogP contribution in [0.5, 0.6) is 0 Å². The molecule has 1 aromatic carbocycles. The van der Waals surface area contributed by atoms with Gasteiger partial charge >= 0.3 is 0 Å². The standard InChI is InChI=1S/C17H21Cl2N3O4S/c18-13-3-1-4-14(17(13)19)20-7-9-21(10-8-20)27(25,26)12-11-22-15(23)5-2-6-16(22)24/h1,3-4H,2,5-12H2. The highest BCUT2D eigenvalue weighted by Gasteiger charge is 2.31. The molecule has 0 aliphatic carbocycles. The maximum absolute atomic E-state index is 12.6. The van der Waals surface area contributed by atoms with E-state index in [2.05, 4.69) is 0 Å². The molecular formula is C17H21Cl2N3O4S. The molecule has 2 saturated heterocycles. The van der Waals surface area contributed by atoms with Crippen LogP contribution in [-0.2, 0) is 19.6 Å². The summed E-state index contributed by atoms with van der Waals surface area (Å²) in [5, 5.41) is 0.915. The third-order valence-corrected chi connectivity index (χ3v) is 7.52. The van der Waals surface area contributed by atoms with E-state index in [1.807, 2.05) is 11.0 Å². The highest BCUT2D eigenvalue weighted by molar-refractivity contribution is 7.89. The smallest absolute Gasteiger partial charge is 0.229 e. The fraction of sp³-hybridized carbons (Fsp3) is 0.529.